The Labute approximate surface area is 150 Å². The summed E-state index contributed by atoms with van der Waals surface area (Å²) in [6, 6.07) is 19.3. The Hall–Kier alpha value is -2.60. The van der Waals surface area contributed by atoms with Gasteiger partial charge in [-0.2, -0.15) is 0 Å². The number of carbonyl (C=O) groups is 2. The maximum atomic E-state index is 12.4. The number of para-hydroxylation sites is 1. The second-order valence-corrected chi connectivity index (χ2v) is 6.83. The second-order valence-electron chi connectivity index (χ2n) is 5.64. The van der Waals surface area contributed by atoms with Gasteiger partial charge in [0.15, 0.2) is 5.17 Å². The topological polar surface area (TPSA) is 70.6 Å². The van der Waals surface area contributed by atoms with E-state index in [9.17, 15) is 9.59 Å². The summed E-state index contributed by atoms with van der Waals surface area (Å²) in [4.78, 5) is 28.7. The number of hydrogen-bond donors (Lipinski definition) is 2. The summed E-state index contributed by atoms with van der Waals surface area (Å²) in [6.07, 6.45) is 0.927. The molecule has 0 aliphatic carbocycles. The van der Waals surface area contributed by atoms with Crippen molar-refractivity contribution < 1.29 is 9.59 Å². The van der Waals surface area contributed by atoms with E-state index in [1.54, 1.807) is 0 Å². The maximum absolute atomic E-state index is 12.4. The van der Waals surface area contributed by atoms with Crippen molar-refractivity contribution in [1.29, 1.82) is 0 Å². The molecule has 3 rings (SSSR count). The van der Waals surface area contributed by atoms with Gasteiger partial charge in [0.05, 0.1) is 10.9 Å². The van der Waals surface area contributed by atoms with Crippen LogP contribution < -0.4 is 10.6 Å². The highest BCUT2D eigenvalue weighted by Gasteiger charge is 2.29. The third-order valence-corrected chi connectivity index (χ3v) is 4.79. The fraction of sp³-hybridized carbons (Fsp3) is 0.211. The van der Waals surface area contributed by atoms with Crippen molar-refractivity contribution in [2.75, 3.05) is 6.54 Å². The van der Waals surface area contributed by atoms with Gasteiger partial charge >= 0.3 is 0 Å². The number of rotatable bonds is 5. The molecule has 1 saturated heterocycles. The molecule has 2 amide bonds. The molecule has 0 saturated carbocycles. The fourth-order valence-electron chi connectivity index (χ4n) is 2.45. The van der Waals surface area contributed by atoms with Crippen LogP contribution in [0.2, 0.25) is 0 Å². The van der Waals surface area contributed by atoms with E-state index in [2.05, 4.69) is 15.6 Å². The predicted octanol–water partition coefficient (Wildman–Crippen LogP) is 2.65. The zero-order valence-electron chi connectivity index (χ0n) is 13.6. The number of benzene rings is 2. The van der Waals surface area contributed by atoms with E-state index in [1.807, 2.05) is 60.7 Å². The van der Waals surface area contributed by atoms with E-state index in [4.69, 9.17) is 0 Å². The average Bonchev–Trinajstić information content (AvgIpc) is 2.63. The highest BCUT2D eigenvalue weighted by molar-refractivity contribution is 8.15. The molecule has 1 fully saturated rings. The largest absolute Gasteiger partial charge is 0.355 e. The Bertz CT molecular complexity index is 763. The van der Waals surface area contributed by atoms with Crippen molar-refractivity contribution in [3.63, 3.8) is 0 Å². The number of nitrogens with zero attached hydrogens (tertiary/aromatic N) is 1. The van der Waals surface area contributed by atoms with E-state index in [0.29, 0.717) is 11.7 Å². The monoisotopic (exact) mass is 353 g/mol. The van der Waals surface area contributed by atoms with Crippen molar-refractivity contribution in [3.05, 3.63) is 66.2 Å². The SMILES string of the molecule is O=C1C[C@@H](C(=O)NCCc2ccccc2)SC(=Nc2ccccc2)N1. The number of thioether (sulfide) groups is 1. The van der Waals surface area contributed by atoms with Crippen LogP contribution in [0, 0.1) is 0 Å². The van der Waals surface area contributed by atoms with Crippen LogP contribution in [-0.4, -0.2) is 28.8 Å². The maximum Gasteiger partial charge on any atom is 0.234 e. The van der Waals surface area contributed by atoms with E-state index in [1.165, 1.54) is 17.3 Å². The van der Waals surface area contributed by atoms with Crippen LogP contribution >= 0.6 is 11.8 Å². The Morgan fingerprint density at radius 3 is 2.52 bits per heavy atom. The third kappa shape index (κ3) is 5.19. The minimum absolute atomic E-state index is 0.128. The van der Waals surface area contributed by atoms with Gasteiger partial charge in [-0.15, -0.1) is 0 Å². The van der Waals surface area contributed by atoms with Crippen molar-refractivity contribution >= 4 is 34.4 Å². The summed E-state index contributed by atoms with van der Waals surface area (Å²) in [5.41, 5.74) is 1.92. The molecule has 0 bridgehead atoms. The quantitative estimate of drug-likeness (QED) is 0.868. The Balaban J connectivity index is 1.56. The zero-order chi connectivity index (χ0) is 17.5. The van der Waals surface area contributed by atoms with Gasteiger partial charge in [0.2, 0.25) is 11.8 Å². The Morgan fingerprint density at radius 1 is 1.12 bits per heavy atom. The third-order valence-electron chi connectivity index (χ3n) is 3.71. The van der Waals surface area contributed by atoms with Gasteiger partial charge in [0.25, 0.3) is 0 Å². The molecule has 1 heterocycles. The summed E-state index contributed by atoms with van der Waals surface area (Å²) in [5.74, 6) is -0.312. The molecule has 2 aromatic carbocycles. The van der Waals surface area contributed by atoms with Gasteiger partial charge in [-0.25, -0.2) is 4.99 Å². The molecule has 0 radical (unpaired) electrons. The summed E-state index contributed by atoms with van der Waals surface area (Å²) < 4.78 is 0. The van der Waals surface area contributed by atoms with Crippen molar-refractivity contribution in [2.24, 2.45) is 4.99 Å². The van der Waals surface area contributed by atoms with Crippen LogP contribution in [0.4, 0.5) is 5.69 Å². The minimum Gasteiger partial charge on any atom is -0.355 e. The van der Waals surface area contributed by atoms with Crippen LogP contribution in [0.25, 0.3) is 0 Å². The predicted molar refractivity (Wildman–Crippen MR) is 101 cm³/mol. The van der Waals surface area contributed by atoms with Crippen molar-refractivity contribution in [3.8, 4) is 0 Å². The molecule has 1 atom stereocenters. The smallest absolute Gasteiger partial charge is 0.234 e. The van der Waals surface area contributed by atoms with Gasteiger partial charge < -0.3 is 10.6 Å². The van der Waals surface area contributed by atoms with Crippen LogP contribution in [0.15, 0.2) is 65.7 Å². The van der Waals surface area contributed by atoms with Gasteiger partial charge in [-0.1, -0.05) is 60.3 Å². The number of amidine groups is 1. The zero-order valence-corrected chi connectivity index (χ0v) is 14.5. The second kappa shape index (κ2) is 8.48. The number of carbonyl (C=O) groups excluding carboxylic acids is 2. The van der Waals surface area contributed by atoms with E-state index in [0.717, 1.165) is 12.1 Å². The molecule has 0 spiro atoms. The molecule has 5 nitrogen and oxygen atoms in total. The summed E-state index contributed by atoms with van der Waals surface area (Å²) in [5, 5.41) is 5.65. The lowest BCUT2D eigenvalue weighted by Gasteiger charge is -2.22. The van der Waals surface area contributed by atoms with E-state index in [-0.39, 0.29) is 18.2 Å². The van der Waals surface area contributed by atoms with Crippen LogP contribution in [0.3, 0.4) is 0 Å². The first kappa shape index (κ1) is 17.2. The van der Waals surface area contributed by atoms with Crippen LogP contribution in [-0.2, 0) is 16.0 Å². The molecular formula is C19H19N3O2S. The molecule has 2 aromatic rings. The first-order valence-corrected chi connectivity index (χ1v) is 9.00. The molecular weight excluding hydrogens is 334 g/mol. The summed E-state index contributed by atoms with van der Waals surface area (Å²) in [7, 11) is 0. The first-order valence-electron chi connectivity index (χ1n) is 8.12. The van der Waals surface area contributed by atoms with Crippen molar-refractivity contribution in [2.45, 2.75) is 18.1 Å². The number of amides is 2. The standard InChI is InChI=1S/C19H19N3O2S/c23-17-13-16(18(24)20-12-11-14-7-3-1-4-8-14)25-19(22-17)21-15-9-5-2-6-10-15/h1-10,16H,11-13H2,(H,20,24)(H,21,22,23)/t16-/m0/s1. The van der Waals surface area contributed by atoms with E-state index < -0.39 is 5.25 Å². The molecule has 0 aromatic heterocycles. The van der Waals surface area contributed by atoms with Crippen molar-refractivity contribution in [1.82, 2.24) is 10.6 Å². The lowest BCUT2D eigenvalue weighted by Crippen LogP contribution is -2.44. The number of aliphatic imine (C=N–C) groups is 1. The number of hydrogen-bond acceptors (Lipinski definition) is 4. The molecule has 25 heavy (non-hydrogen) atoms. The lowest BCUT2D eigenvalue weighted by molar-refractivity contribution is -0.125. The Kier molecular flexibility index (Phi) is 5.85. The van der Waals surface area contributed by atoms with Gasteiger partial charge in [0, 0.05) is 13.0 Å². The fourth-order valence-corrected chi connectivity index (χ4v) is 3.48. The molecule has 6 heteroatoms. The first-order chi connectivity index (χ1) is 12.2. The Morgan fingerprint density at radius 2 is 1.80 bits per heavy atom. The number of nitrogens with one attached hydrogen (secondary N) is 2. The molecule has 2 N–H and O–H groups in total. The van der Waals surface area contributed by atoms with Gasteiger partial charge in [-0.3, -0.25) is 9.59 Å². The van der Waals surface area contributed by atoms with Crippen LogP contribution in [0.5, 0.6) is 0 Å². The van der Waals surface area contributed by atoms with Gasteiger partial charge in [0.1, 0.15) is 0 Å². The lowest BCUT2D eigenvalue weighted by atomic mass is 10.1. The highest BCUT2D eigenvalue weighted by Crippen LogP contribution is 2.23. The highest BCUT2D eigenvalue weighted by atomic mass is 32.2. The normalized spacial score (nSPS) is 18.6. The minimum atomic E-state index is -0.452. The van der Waals surface area contributed by atoms with E-state index >= 15 is 0 Å². The van der Waals surface area contributed by atoms with Crippen LogP contribution in [0.1, 0.15) is 12.0 Å². The van der Waals surface area contributed by atoms with Gasteiger partial charge in [-0.05, 0) is 24.1 Å². The molecule has 1 aliphatic rings. The molecule has 0 unspecified atom stereocenters. The average molecular weight is 353 g/mol. The molecule has 128 valence electrons. The molecule has 1 aliphatic heterocycles. The summed E-state index contributed by atoms with van der Waals surface area (Å²) in [6.45, 7) is 0.548. The summed E-state index contributed by atoms with van der Waals surface area (Å²) >= 11 is 1.29.